The Hall–Kier alpha value is -2.55. The van der Waals surface area contributed by atoms with Gasteiger partial charge < -0.3 is 10.6 Å². The lowest BCUT2D eigenvalue weighted by molar-refractivity contribution is -0.131. The van der Waals surface area contributed by atoms with Crippen LogP contribution in [0.15, 0.2) is 48.5 Å². The molecule has 2 N–H and O–H groups in total. The molecule has 1 saturated heterocycles. The van der Waals surface area contributed by atoms with Gasteiger partial charge in [-0.05, 0) is 48.5 Å². The smallest absolute Gasteiger partial charge is 0.289 e. The minimum absolute atomic E-state index is 0.187. The summed E-state index contributed by atoms with van der Waals surface area (Å²) in [6.07, 6.45) is -0.187. The van der Waals surface area contributed by atoms with E-state index in [2.05, 4.69) is 10.6 Å². The number of halogens is 2. The Morgan fingerprint density at radius 3 is 1.86 bits per heavy atom. The van der Waals surface area contributed by atoms with E-state index in [0.29, 0.717) is 21.4 Å². The molecule has 150 valence electrons. The third-order valence-corrected chi connectivity index (χ3v) is 5.51. The van der Waals surface area contributed by atoms with Crippen molar-refractivity contribution in [3.05, 3.63) is 58.6 Å². The van der Waals surface area contributed by atoms with E-state index in [4.69, 9.17) is 23.2 Å². The van der Waals surface area contributed by atoms with E-state index >= 15 is 0 Å². The first-order chi connectivity index (χ1) is 13.8. The molecule has 1 aliphatic heterocycles. The number of carbonyl (C=O) groups excluding carboxylic acids is 4. The highest BCUT2D eigenvalue weighted by Crippen LogP contribution is 2.29. The zero-order valence-electron chi connectivity index (χ0n) is 14.9. The van der Waals surface area contributed by atoms with Gasteiger partial charge in [0.05, 0.1) is 0 Å². The van der Waals surface area contributed by atoms with E-state index in [1.807, 2.05) is 0 Å². The highest BCUT2D eigenvalue weighted by atomic mass is 35.5. The second kappa shape index (κ2) is 9.30. The van der Waals surface area contributed by atoms with Crippen molar-refractivity contribution in [2.45, 2.75) is 11.7 Å². The number of nitrogens with zero attached hydrogens (tertiary/aromatic N) is 1. The zero-order valence-corrected chi connectivity index (χ0v) is 17.2. The number of carbonyl (C=O) groups is 4. The number of amides is 4. The van der Waals surface area contributed by atoms with Crippen LogP contribution >= 0.6 is 35.0 Å². The Morgan fingerprint density at radius 1 is 0.862 bits per heavy atom. The Kier molecular flexibility index (Phi) is 6.79. The van der Waals surface area contributed by atoms with Crippen molar-refractivity contribution in [3.63, 3.8) is 0 Å². The minimum atomic E-state index is -0.877. The number of benzene rings is 2. The average Bonchev–Trinajstić information content (AvgIpc) is 2.93. The molecule has 0 spiro atoms. The molecule has 29 heavy (non-hydrogen) atoms. The van der Waals surface area contributed by atoms with Gasteiger partial charge >= 0.3 is 0 Å². The summed E-state index contributed by atoms with van der Waals surface area (Å²) in [4.78, 5) is 49.8. The summed E-state index contributed by atoms with van der Waals surface area (Å²) in [7, 11) is 0. The molecule has 3 rings (SSSR count). The Morgan fingerprint density at radius 2 is 1.34 bits per heavy atom. The highest BCUT2D eigenvalue weighted by molar-refractivity contribution is 8.15. The van der Waals surface area contributed by atoms with Gasteiger partial charge in [-0.25, -0.2) is 0 Å². The molecule has 0 saturated carbocycles. The van der Waals surface area contributed by atoms with Crippen LogP contribution < -0.4 is 10.6 Å². The maximum atomic E-state index is 12.5. The number of anilines is 2. The second-order valence-corrected chi connectivity index (χ2v) is 8.14. The first-order valence-corrected chi connectivity index (χ1v) is 10.1. The second-order valence-electron chi connectivity index (χ2n) is 6.11. The topological polar surface area (TPSA) is 95.6 Å². The summed E-state index contributed by atoms with van der Waals surface area (Å²) in [6.45, 7) is -0.428. The summed E-state index contributed by atoms with van der Waals surface area (Å²) >= 11 is 12.3. The fourth-order valence-corrected chi connectivity index (χ4v) is 3.80. The van der Waals surface area contributed by atoms with Gasteiger partial charge in [-0.1, -0.05) is 35.0 Å². The Bertz CT molecular complexity index is 951. The van der Waals surface area contributed by atoms with E-state index in [9.17, 15) is 19.2 Å². The van der Waals surface area contributed by atoms with Crippen molar-refractivity contribution in [2.24, 2.45) is 0 Å². The molecule has 7 nitrogen and oxygen atoms in total. The van der Waals surface area contributed by atoms with E-state index in [0.717, 1.165) is 16.7 Å². The lowest BCUT2D eigenvalue weighted by atomic mass is 10.2. The molecular weight excluding hydrogens is 437 g/mol. The summed E-state index contributed by atoms with van der Waals surface area (Å²) in [5, 5.41) is 4.83. The van der Waals surface area contributed by atoms with Crippen LogP contribution in [0.5, 0.6) is 0 Å². The van der Waals surface area contributed by atoms with Crippen molar-refractivity contribution in [2.75, 3.05) is 17.2 Å². The van der Waals surface area contributed by atoms with Crippen LogP contribution in [-0.4, -0.2) is 39.7 Å². The average molecular weight is 452 g/mol. The molecule has 0 bridgehead atoms. The van der Waals surface area contributed by atoms with Crippen molar-refractivity contribution in [3.8, 4) is 0 Å². The number of hydrogen-bond donors (Lipinski definition) is 2. The molecule has 2 aromatic carbocycles. The Labute approximate surface area is 180 Å². The van der Waals surface area contributed by atoms with Gasteiger partial charge in [0.25, 0.3) is 5.24 Å². The van der Waals surface area contributed by atoms with Crippen molar-refractivity contribution in [1.29, 1.82) is 0 Å². The zero-order chi connectivity index (χ0) is 21.0. The fourth-order valence-electron chi connectivity index (χ4n) is 2.56. The number of imide groups is 1. The van der Waals surface area contributed by atoms with Gasteiger partial charge in [-0.15, -0.1) is 0 Å². The molecule has 1 fully saturated rings. The van der Waals surface area contributed by atoms with Crippen LogP contribution in [0.4, 0.5) is 16.2 Å². The minimum Gasteiger partial charge on any atom is -0.326 e. The highest BCUT2D eigenvalue weighted by Gasteiger charge is 2.41. The van der Waals surface area contributed by atoms with Crippen LogP contribution in [0.1, 0.15) is 6.42 Å². The summed E-state index contributed by atoms with van der Waals surface area (Å²) in [6, 6.07) is 12.9. The van der Waals surface area contributed by atoms with Crippen LogP contribution in [0.3, 0.4) is 0 Å². The largest absolute Gasteiger partial charge is 0.326 e. The van der Waals surface area contributed by atoms with Crippen LogP contribution in [0.2, 0.25) is 10.0 Å². The first-order valence-electron chi connectivity index (χ1n) is 8.44. The lowest BCUT2D eigenvalue weighted by Gasteiger charge is -2.14. The number of nitrogens with one attached hydrogen (secondary N) is 2. The normalized spacial score (nSPS) is 16.1. The van der Waals surface area contributed by atoms with Gasteiger partial charge in [0.1, 0.15) is 11.8 Å². The maximum Gasteiger partial charge on any atom is 0.289 e. The SMILES string of the molecule is O=C(C[C@@H]1SC(=O)N(CC(=O)Nc2ccc(Cl)cc2)C1=O)Nc1ccc(Cl)cc1. The van der Waals surface area contributed by atoms with Gasteiger partial charge in [-0.3, -0.25) is 24.1 Å². The Balaban J connectivity index is 1.54. The number of hydrogen-bond acceptors (Lipinski definition) is 5. The lowest BCUT2D eigenvalue weighted by Crippen LogP contribution is -2.38. The van der Waals surface area contributed by atoms with E-state index in [1.165, 1.54) is 0 Å². The van der Waals surface area contributed by atoms with Crippen molar-refractivity contribution in [1.82, 2.24) is 4.90 Å². The molecule has 2 aromatic rings. The molecule has 1 aliphatic rings. The van der Waals surface area contributed by atoms with E-state index in [-0.39, 0.29) is 6.42 Å². The van der Waals surface area contributed by atoms with E-state index in [1.54, 1.807) is 48.5 Å². The summed E-state index contributed by atoms with van der Waals surface area (Å²) in [5.41, 5.74) is 1.02. The molecule has 0 radical (unpaired) electrons. The predicted octanol–water partition coefficient (Wildman–Crippen LogP) is 4.02. The van der Waals surface area contributed by atoms with Gasteiger partial charge in [-0.2, -0.15) is 0 Å². The quantitative estimate of drug-likeness (QED) is 0.690. The monoisotopic (exact) mass is 451 g/mol. The first kappa shape index (κ1) is 21.2. The predicted molar refractivity (Wildman–Crippen MR) is 113 cm³/mol. The number of rotatable bonds is 6. The molecule has 10 heteroatoms. The van der Waals surface area contributed by atoms with Gasteiger partial charge in [0.2, 0.25) is 17.7 Å². The van der Waals surface area contributed by atoms with E-state index < -0.39 is 34.8 Å². The molecule has 1 heterocycles. The van der Waals surface area contributed by atoms with Gasteiger partial charge in [0.15, 0.2) is 0 Å². The molecular formula is C19H15Cl2N3O4S. The molecule has 0 unspecified atom stereocenters. The molecule has 0 aromatic heterocycles. The standard InChI is InChI=1S/C19H15Cl2N3O4S/c20-11-1-5-13(6-2-11)22-16(25)9-15-18(27)24(19(28)29-15)10-17(26)23-14-7-3-12(21)4-8-14/h1-8,15H,9-10H2,(H,22,25)(H,23,26)/t15-/m0/s1. The van der Waals surface area contributed by atoms with Crippen LogP contribution in [-0.2, 0) is 14.4 Å². The summed E-state index contributed by atoms with van der Waals surface area (Å²) < 4.78 is 0. The van der Waals surface area contributed by atoms with Gasteiger partial charge in [0, 0.05) is 27.8 Å². The third kappa shape index (κ3) is 5.72. The maximum absolute atomic E-state index is 12.5. The molecule has 4 amide bonds. The van der Waals surface area contributed by atoms with Crippen LogP contribution in [0.25, 0.3) is 0 Å². The number of thioether (sulfide) groups is 1. The van der Waals surface area contributed by atoms with Crippen molar-refractivity contribution < 1.29 is 19.2 Å². The summed E-state index contributed by atoms with van der Waals surface area (Å²) in [5.74, 6) is -1.52. The fraction of sp³-hybridized carbons (Fsp3) is 0.158. The van der Waals surface area contributed by atoms with Crippen LogP contribution in [0, 0.1) is 0 Å². The van der Waals surface area contributed by atoms with Crippen molar-refractivity contribution >= 4 is 69.3 Å². The third-order valence-electron chi connectivity index (χ3n) is 3.93. The molecule has 1 atom stereocenters. The molecule has 0 aliphatic carbocycles.